The van der Waals surface area contributed by atoms with Gasteiger partial charge in [-0.25, -0.2) is 0 Å². The van der Waals surface area contributed by atoms with Crippen LogP contribution in [0.3, 0.4) is 0 Å². The molecule has 0 heterocycles. The molecule has 0 rings (SSSR count). The van der Waals surface area contributed by atoms with Gasteiger partial charge in [-0.1, -0.05) is 259 Å². The number of hydrogen-bond donors (Lipinski definition) is 0. The van der Waals surface area contributed by atoms with Crippen molar-refractivity contribution in [2.75, 3.05) is 13.2 Å². The van der Waals surface area contributed by atoms with Gasteiger partial charge in [-0.3, -0.25) is 14.4 Å². The maximum absolute atomic E-state index is 12.9. The number of allylic oxidation sites excluding steroid dienone is 34. The van der Waals surface area contributed by atoms with E-state index in [1.807, 2.05) is 12.2 Å². The summed E-state index contributed by atoms with van der Waals surface area (Å²) >= 11 is 0. The van der Waals surface area contributed by atoms with Crippen molar-refractivity contribution in [2.45, 2.75) is 232 Å². The third-order valence-corrected chi connectivity index (χ3v) is 12.3. The molecule has 0 aliphatic heterocycles. The molecule has 0 bridgehead atoms. The molecule has 81 heavy (non-hydrogen) atoms. The van der Waals surface area contributed by atoms with Crippen LogP contribution in [-0.2, 0) is 28.6 Å². The highest BCUT2D eigenvalue weighted by atomic mass is 16.6. The van der Waals surface area contributed by atoms with E-state index >= 15 is 0 Å². The smallest absolute Gasteiger partial charge is 0.306 e. The quantitative estimate of drug-likeness (QED) is 0.0261. The Hall–Kier alpha value is -6.01. The lowest BCUT2D eigenvalue weighted by molar-refractivity contribution is -0.166. The third kappa shape index (κ3) is 64.7. The van der Waals surface area contributed by atoms with Crippen LogP contribution in [-0.4, -0.2) is 37.2 Å². The first-order valence-corrected chi connectivity index (χ1v) is 31.6. The zero-order valence-electron chi connectivity index (χ0n) is 51.2. The largest absolute Gasteiger partial charge is 0.462 e. The Labute approximate surface area is 496 Å². The van der Waals surface area contributed by atoms with Gasteiger partial charge < -0.3 is 14.2 Å². The molecular weight excluding hydrogens is 997 g/mol. The Bertz CT molecular complexity index is 2000. The van der Waals surface area contributed by atoms with E-state index in [2.05, 4.69) is 215 Å². The van der Waals surface area contributed by atoms with Gasteiger partial charge in [0, 0.05) is 19.3 Å². The molecule has 0 saturated heterocycles. The number of unbranched alkanes of at least 4 members (excludes halogenated alkanes) is 9. The van der Waals surface area contributed by atoms with Gasteiger partial charge in [-0.05, 0) is 154 Å². The summed E-state index contributed by atoms with van der Waals surface area (Å²) in [4.78, 5) is 38.2. The zero-order valence-corrected chi connectivity index (χ0v) is 51.2. The average Bonchev–Trinajstić information content (AvgIpc) is 3.46. The second kappa shape index (κ2) is 66.5. The van der Waals surface area contributed by atoms with Gasteiger partial charge in [-0.2, -0.15) is 0 Å². The molecule has 0 spiro atoms. The summed E-state index contributed by atoms with van der Waals surface area (Å²) in [5.74, 6) is -1.08. The molecule has 1 unspecified atom stereocenters. The SMILES string of the molecule is CC/C=C\C/C=C\C/C=C\C/C=C\C/C=C\C/C=C\C/C=C\C/C=C\C/C=C\CCCCCC(=O)OCC(COC(=O)CC/C=C\C/C=C\C/C=C\C/C=C\CC)OC(=O)CCCCCCCC/C=C\C/C=C\C/C=C\C/C=C\CC. The lowest BCUT2D eigenvalue weighted by atomic mass is 10.1. The van der Waals surface area contributed by atoms with Gasteiger partial charge in [0.25, 0.3) is 0 Å². The lowest BCUT2D eigenvalue weighted by Crippen LogP contribution is -2.30. The predicted molar refractivity (Wildman–Crippen MR) is 352 cm³/mol. The Morgan fingerprint density at radius 2 is 0.469 bits per heavy atom. The molecular formula is C75H112O6. The van der Waals surface area contributed by atoms with Crippen molar-refractivity contribution in [1.82, 2.24) is 0 Å². The molecule has 0 saturated carbocycles. The number of rotatable bonds is 54. The summed E-state index contributed by atoms with van der Waals surface area (Å²) in [5.41, 5.74) is 0. The molecule has 0 amide bonds. The maximum atomic E-state index is 12.9. The van der Waals surface area contributed by atoms with Crippen molar-refractivity contribution < 1.29 is 28.6 Å². The van der Waals surface area contributed by atoms with Gasteiger partial charge >= 0.3 is 17.9 Å². The standard InChI is InChI=1S/C75H112O6/c1-4-7-10-13-16-19-22-25-27-29-31-32-33-34-35-36-37-38-39-40-41-42-44-45-47-50-53-56-59-62-65-68-74(77)80-71-72(70-79-73(76)67-64-61-58-55-52-49-24-21-18-15-12-9-6-3)81-75(78)69-66-63-60-57-54-51-48-46-43-30-28-26-23-20-17-14-11-8-5-2/h7-12,16-21,25-28,31-32,34-35,37-38,40-41,43-46,49-50,52-53,58,61,72H,4-6,13-15,22-24,29-30,33,36,39,42,47-48,51,54-57,59-60,62-71H2,1-3H3/b10-7-,11-8-,12-9-,19-16-,20-17-,21-18-,27-25-,28-26-,32-31-,35-34-,38-37-,41-40-,45-44-,46-43-,52-49-,53-50-,61-58-. The second-order valence-electron chi connectivity index (χ2n) is 19.8. The molecule has 0 aliphatic carbocycles. The first-order chi connectivity index (χ1) is 40.0. The monoisotopic (exact) mass is 1110 g/mol. The number of ether oxygens (including phenoxy) is 3. The molecule has 0 aromatic carbocycles. The van der Waals surface area contributed by atoms with Crippen LogP contribution in [0, 0.1) is 0 Å². The van der Waals surface area contributed by atoms with Crippen LogP contribution in [0.25, 0.3) is 0 Å². The van der Waals surface area contributed by atoms with Gasteiger partial charge in [0.15, 0.2) is 6.10 Å². The lowest BCUT2D eigenvalue weighted by Gasteiger charge is -2.18. The van der Waals surface area contributed by atoms with Gasteiger partial charge in [0.1, 0.15) is 13.2 Å². The van der Waals surface area contributed by atoms with E-state index in [0.29, 0.717) is 12.8 Å². The van der Waals surface area contributed by atoms with Gasteiger partial charge in [0.2, 0.25) is 0 Å². The van der Waals surface area contributed by atoms with E-state index in [4.69, 9.17) is 14.2 Å². The van der Waals surface area contributed by atoms with Crippen LogP contribution >= 0.6 is 0 Å². The van der Waals surface area contributed by atoms with E-state index in [0.717, 1.165) is 167 Å². The van der Waals surface area contributed by atoms with E-state index < -0.39 is 6.10 Å². The second-order valence-corrected chi connectivity index (χ2v) is 19.8. The molecule has 0 aliphatic rings. The Balaban J connectivity index is 4.49. The van der Waals surface area contributed by atoms with E-state index in [-0.39, 0.29) is 44.0 Å². The summed E-state index contributed by atoms with van der Waals surface area (Å²) in [6.07, 6.45) is 103. The topological polar surface area (TPSA) is 78.9 Å². The van der Waals surface area contributed by atoms with Crippen molar-refractivity contribution in [3.05, 3.63) is 207 Å². The van der Waals surface area contributed by atoms with Crippen LogP contribution in [0.1, 0.15) is 226 Å². The number of esters is 3. The zero-order chi connectivity index (χ0) is 58.5. The van der Waals surface area contributed by atoms with Gasteiger partial charge in [0.05, 0.1) is 0 Å². The summed E-state index contributed by atoms with van der Waals surface area (Å²) in [5, 5.41) is 0. The molecule has 6 nitrogen and oxygen atoms in total. The highest BCUT2D eigenvalue weighted by Crippen LogP contribution is 2.12. The minimum Gasteiger partial charge on any atom is -0.462 e. The first-order valence-electron chi connectivity index (χ1n) is 31.6. The summed E-state index contributed by atoms with van der Waals surface area (Å²) in [6.45, 7) is 6.17. The fourth-order valence-corrected chi connectivity index (χ4v) is 7.67. The number of carbonyl (C=O) groups excluding carboxylic acids is 3. The van der Waals surface area contributed by atoms with Crippen molar-refractivity contribution in [3.63, 3.8) is 0 Å². The molecule has 6 heteroatoms. The van der Waals surface area contributed by atoms with E-state index in [1.54, 1.807) is 0 Å². The van der Waals surface area contributed by atoms with Crippen LogP contribution < -0.4 is 0 Å². The van der Waals surface area contributed by atoms with Crippen LogP contribution in [0.4, 0.5) is 0 Å². The predicted octanol–water partition coefficient (Wildman–Crippen LogP) is 22.0. The molecule has 1 atom stereocenters. The summed E-state index contributed by atoms with van der Waals surface area (Å²) < 4.78 is 16.8. The van der Waals surface area contributed by atoms with Crippen molar-refractivity contribution >= 4 is 17.9 Å². The van der Waals surface area contributed by atoms with Gasteiger partial charge in [-0.15, -0.1) is 0 Å². The number of carbonyl (C=O) groups is 3. The fraction of sp³-hybridized carbons (Fsp3) is 0.507. The third-order valence-electron chi connectivity index (χ3n) is 12.3. The maximum Gasteiger partial charge on any atom is 0.306 e. The van der Waals surface area contributed by atoms with Crippen LogP contribution in [0.15, 0.2) is 207 Å². The minimum absolute atomic E-state index is 0.135. The Kier molecular flexibility index (Phi) is 61.6. The molecule has 448 valence electrons. The fourth-order valence-electron chi connectivity index (χ4n) is 7.67. The van der Waals surface area contributed by atoms with Crippen molar-refractivity contribution in [2.24, 2.45) is 0 Å². The highest BCUT2D eigenvalue weighted by Gasteiger charge is 2.19. The van der Waals surface area contributed by atoms with Crippen LogP contribution in [0.2, 0.25) is 0 Å². The number of hydrogen-bond acceptors (Lipinski definition) is 6. The van der Waals surface area contributed by atoms with Crippen LogP contribution in [0.5, 0.6) is 0 Å². The summed E-state index contributed by atoms with van der Waals surface area (Å²) in [6, 6.07) is 0. The van der Waals surface area contributed by atoms with E-state index in [1.165, 1.54) is 12.8 Å². The normalized spacial score (nSPS) is 13.6. The van der Waals surface area contributed by atoms with Crippen molar-refractivity contribution in [1.29, 1.82) is 0 Å². The average molecular weight is 1110 g/mol. The first kappa shape index (κ1) is 75.0. The molecule has 0 fully saturated rings. The molecule has 0 radical (unpaired) electrons. The Morgan fingerprint density at radius 1 is 0.247 bits per heavy atom. The minimum atomic E-state index is -0.843. The van der Waals surface area contributed by atoms with Crippen molar-refractivity contribution in [3.8, 4) is 0 Å². The Morgan fingerprint density at radius 3 is 0.778 bits per heavy atom. The molecule has 0 aromatic heterocycles. The van der Waals surface area contributed by atoms with E-state index in [9.17, 15) is 14.4 Å². The molecule has 0 N–H and O–H groups in total. The molecule has 0 aromatic rings. The highest BCUT2D eigenvalue weighted by molar-refractivity contribution is 5.71. The summed E-state index contributed by atoms with van der Waals surface area (Å²) in [7, 11) is 0.